The van der Waals surface area contributed by atoms with Crippen LogP contribution in [0.5, 0.6) is 0 Å². The minimum Gasteiger partial charge on any atom is -0.481 e. The summed E-state index contributed by atoms with van der Waals surface area (Å²) in [5.41, 5.74) is 0. The maximum absolute atomic E-state index is 9.93. The fraction of sp³-hybridized carbons (Fsp3) is 0.750. The van der Waals surface area contributed by atoms with Gasteiger partial charge in [0.1, 0.15) is 15.7 Å². The molecule has 0 saturated carbocycles. The van der Waals surface area contributed by atoms with Gasteiger partial charge in [-0.2, -0.15) is 0 Å². The van der Waals surface area contributed by atoms with Crippen LogP contribution in [0.2, 0.25) is 0 Å². The van der Waals surface area contributed by atoms with Crippen molar-refractivity contribution >= 4 is 21.7 Å². The van der Waals surface area contributed by atoms with Gasteiger partial charge in [0, 0.05) is 11.8 Å². The van der Waals surface area contributed by atoms with Gasteiger partial charge in [-0.1, -0.05) is 0 Å². The molecule has 0 heterocycles. The lowest BCUT2D eigenvalue weighted by Crippen LogP contribution is -2.29. The Balaban J connectivity index is 3.39. The number of aliphatic hydroxyl groups is 1. The van der Waals surface area contributed by atoms with E-state index in [-0.39, 0.29) is 6.42 Å². The van der Waals surface area contributed by atoms with Gasteiger partial charge in [0.05, 0.1) is 0 Å². The molecule has 0 aliphatic carbocycles. The summed E-state index contributed by atoms with van der Waals surface area (Å²) in [5.74, 6) is -0.864. The predicted molar refractivity (Wildman–Crippen MR) is 38.9 cm³/mol. The molecule has 9 heavy (non-hydrogen) atoms. The van der Waals surface area contributed by atoms with E-state index < -0.39 is 11.4 Å². The third-order valence-electron chi connectivity index (χ3n) is 0.951. The molecule has 0 spiro atoms. The Hall–Kier alpha value is -0.440. The first-order valence-electron chi connectivity index (χ1n) is 2.86. The Morgan fingerprint density at radius 3 is 2.11 bits per heavy atom. The molecule has 2 N–H and O–H groups in total. The fourth-order valence-electron chi connectivity index (χ4n) is 0.413. The quantitative estimate of drug-likeness (QED) is 0.422. The Morgan fingerprint density at radius 1 is 1.56 bits per heavy atom. The molecule has 0 unspecified atom stereocenters. The van der Waals surface area contributed by atoms with Crippen molar-refractivity contribution in [2.45, 2.75) is 18.2 Å². The second kappa shape index (κ2) is 2.92. The normalized spacial score (nSPS) is 11.2. The van der Waals surface area contributed by atoms with E-state index in [0.717, 1.165) is 0 Å². The van der Waals surface area contributed by atoms with Gasteiger partial charge in [-0.25, -0.2) is 0 Å². The number of carboxylic acid groups (broad SMARTS) is 1. The van der Waals surface area contributed by atoms with Gasteiger partial charge in [-0.15, -0.1) is 0 Å². The van der Waals surface area contributed by atoms with Crippen LogP contribution in [0.25, 0.3) is 0 Å². The molecule has 0 aromatic carbocycles. The van der Waals surface area contributed by atoms with Crippen LogP contribution >= 0.6 is 0 Å². The molecule has 0 fully saturated rings. The van der Waals surface area contributed by atoms with Crippen LogP contribution < -0.4 is 0 Å². The highest BCUT2D eigenvalue weighted by atomic mass is 16.4. The van der Waals surface area contributed by atoms with Crippen LogP contribution in [0.3, 0.4) is 0 Å². The molecular formula is C4H10B2O3. The molecule has 0 aromatic rings. The lowest BCUT2D eigenvalue weighted by atomic mass is 9.63. The van der Waals surface area contributed by atoms with E-state index in [1.165, 1.54) is 0 Å². The van der Waals surface area contributed by atoms with Gasteiger partial charge < -0.3 is 10.2 Å². The van der Waals surface area contributed by atoms with Crippen molar-refractivity contribution in [3.05, 3.63) is 0 Å². The van der Waals surface area contributed by atoms with Gasteiger partial charge in [0.25, 0.3) is 0 Å². The van der Waals surface area contributed by atoms with Crippen molar-refractivity contribution < 1.29 is 15.0 Å². The van der Waals surface area contributed by atoms with Crippen LogP contribution in [0, 0.1) is 0 Å². The van der Waals surface area contributed by atoms with Crippen LogP contribution in [0.15, 0.2) is 0 Å². The van der Waals surface area contributed by atoms with Crippen molar-refractivity contribution in [2.24, 2.45) is 0 Å². The highest BCUT2D eigenvalue weighted by molar-refractivity contribution is 6.38. The highest BCUT2D eigenvalue weighted by Crippen LogP contribution is 2.01. The summed E-state index contributed by atoms with van der Waals surface area (Å²) < 4.78 is 0. The van der Waals surface area contributed by atoms with Gasteiger partial charge in [-0.05, 0) is 6.42 Å². The molecule has 0 amide bonds. The van der Waals surface area contributed by atoms with Crippen molar-refractivity contribution in [1.82, 2.24) is 0 Å². The van der Waals surface area contributed by atoms with Crippen LogP contribution in [-0.4, -0.2) is 37.3 Å². The Labute approximate surface area is 55.9 Å². The molecule has 0 aliphatic rings. The summed E-state index contributed by atoms with van der Waals surface area (Å²) in [4.78, 5) is 9.93. The van der Waals surface area contributed by atoms with Crippen LogP contribution in [0.1, 0.15) is 12.8 Å². The van der Waals surface area contributed by atoms with E-state index in [0.29, 0.717) is 6.42 Å². The smallest absolute Gasteiger partial charge is 0.303 e. The summed E-state index contributed by atoms with van der Waals surface area (Å²) in [6, 6.07) is 0. The second-order valence-electron chi connectivity index (χ2n) is 2.71. The average Bonchev–Trinajstić information content (AvgIpc) is 1.59. The summed E-state index contributed by atoms with van der Waals surface area (Å²) >= 11 is 0. The molecule has 0 rings (SSSR count). The minimum atomic E-state index is -0.864. The predicted octanol–water partition coefficient (Wildman–Crippen LogP) is -2.24. The first-order chi connectivity index (χ1) is 3.92. The van der Waals surface area contributed by atoms with Crippen molar-refractivity contribution in [2.75, 3.05) is 0 Å². The number of rotatable bonds is 3. The SMILES string of the molecule is BC(B)(O)CCC(=O)O. The van der Waals surface area contributed by atoms with Gasteiger partial charge in [0.2, 0.25) is 0 Å². The van der Waals surface area contributed by atoms with Crippen LogP contribution in [0.4, 0.5) is 0 Å². The van der Waals surface area contributed by atoms with Gasteiger partial charge >= 0.3 is 5.97 Å². The maximum Gasteiger partial charge on any atom is 0.303 e. The largest absolute Gasteiger partial charge is 0.481 e. The number of aliphatic carboxylic acids is 1. The molecule has 0 bridgehead atoms. The molecular weight excluding hydrogens is 118 g/mol. The number of hydrogen-bond acceptors (Lipinski definition) is 2. The van der Waals surface area contributed by atoms with Crippen molar-refractivity contribution in [3.63, 3.8) is 0 Å². The Bertz CT molecular complexity index is 107. The summed E-state index contributed by atoms with van der Waals surface area (Å²) in [5, 5.41) is 16.3. The lowest BCUT2D eigenvalue weighted by Gasteiger charge is -2.14. The zero-order valence-electron chi connectivity index (χ0n) is 5.72. The van der Waals surface area contributed by atoms with Crippen LogP contribution in [-0.2, 0) is 4.79 Å². The maximum atomic E-state index is 9.93. The van der Waals surface area contributed by atoms with Crippen molar-refractivity contribution in [1.29, 1.82) is 0 Å². The summed E-state index contributed by atoms with van der Waals surface area (Å²) in [6.45, 7) is 0. The van der Waals surface area contributed by atoms with Crippen molar-refractivity contribution in [3.8, 4) is 0 Å². The van der Waals surface area contributed by atoms with E-state index in [2.05, 4.69) is 0 Å². The summed E-state index contributed by atoms with van der Waals surface area (Å²) in [7, 11) is 3.19. The molecule has 0 atom stereocenters. The Kier molecular flexibility index (Phi) is 2.77. The van der Waals surface area contributed by atoms with Gasteiger partial charge in [0.15, 0.2) is 0 Å². The molecule has 3 nitrogen and oxygen atoms in total. The fourth-order valence-corrected chi connectivity index (χ4v) is 0.413. The zero-order valence-corrected chi connectivity index (χ0v) is 5.72. The third kappa shape index (κ3) is 7.56. The van der Waals surface area contributed by atoms with Gasteiger partial charge in [-0.3, -0.25) is 4.79 Å². The number of hydrogen-bond donors (Lipinski definition) is 2. The van der Waals surface area contributed by atoms with E-state index in [4.69, 9.17) is 10.2 Å². The first-order valence-corrected chi connectivity index (χ1v) is 2.86. The van der Waals surface area contributed by atoms with E-state index in [1.807, 2.05) is 0 Å². The second-order valence-corrected chi connectivity index (χ2v) is 2.71. The molecule has 0 aliphatic heterocycles. The monoisotopic (exact) mass is 128 g/mol. The third-order valence-corrected chi connectivity index (χ3v) is 0.951. The molecule has 5 heteroatoms. The highest BCUT2D eigenvalue weighted by Gasteiger charge is 2.13. The molecule has 0 saturated heterocycles. The topological polar surface area (TPSA) is 57.5 Å². The van der Waals surface area contributed by atoms with E-state index in [1.54, 1.807) is 15.7 Å². The molecule has 50 valence electrons. The molecule has 0 aromatic heterocycles. The first kappa shape index (κ1) is 8.56. The van der Waals surface area contributed by atoms with E-state index in [9.17, 15) is 4.79 Å². The standard InChI is InChI=1S/C4H10B2O3/c5-4(6,9)2-1-3(7)8/h9H,1-2,5-6H2,(H,7,8). The zero-order chi connectivity index (χ0) is 7.49. The average molecular weight is 128 g/mol. The number of carboxylic acids is 1. The molecule has 0 radical (unpaired) electrons. The van der Waals surface area contributed by atoms with E-state index >= 15 is 0 Å². The lowest BCUT2D eigenvalue weighted by molar-refractivity contribution is -0.137. The minimum absolute atomic E-state index is 0.0312. The number of carbonyl (C=O) groups is 1. The Morgan fingerprint density at radius 2 is 2.00 bits per heavy atom. The summed E-state index contributed by atoms with van der Waals surface area (Å²) in [6.07, 6.45) is 0.339.